The molecule has 0 bridgehead atoms. The summed E-state index contributed by atoms with van der Waals surface area (Å²) in [4.78, 5) is 27.2. The molecule has 1 aromatic carbocycles. The third-order valence-electron chi connectivity index (χ3n) is 5.56. The first-order valence-corrected chi connectivity index (χ1v) is 10.8. The molecule has 1 saturated heterocycles. The summed E-state index contributed by atoms with van der Waals surface area (Å²) < 4.78 is 13.1. The zero-order valence-electron chi connectivity index (χ0n) is 17.8. The van der Waals surface area contributed by atoms with Crippen LogP contribution in [-0.2, 0) is 16.1 Å². The van der Waals surface area contributed by atoms with Gasteiger partial charge in [0.2, 0.25) is 0 Å². The van der Waals surface area contributed by atoms with Crippen molar-refractivity contribution in [3.8, 4) is 5.75 Å². The molecule has 0 N–H and O–H groups in total. The number of benzene rings is 1. The van der Waals surface area contributed by atoms with Gasteiger partial charge in [0.05, 0.1) is 24.6 Å². The van der Waals surface area contributed by atoms with Gasteiger partial charge in [0, 0.05) is 25.0 Å². The Morgan fingerprint density at radius 3 is 2.52 bits per heavy atom. The minimum absolute atomic E-state index is 0.0297. The molecule has 0 saturated carbocycles. The van der Waals surface area contributed by atoms with Gasteiger partial charge in [0.25, 0.3) is 5.91 Å². The number of hydrogen-bond donors (Lipinski definition) is 0. The van der Waals surface area contributed by atoms with Crippen molar-refractivity contribution < 1.29 is 19.1 Å². The van der Waals surface area contributed by atoms with Gasteiger partial charge in [-0.05, 0) is 51.3 Å². The minimum atomic E-state index is -0.141. The summed E-state index contributed by atoms with van der Waals surface area (Å²) in [6, 6.07) is 7.96. The lowest BCUT2D eigenvalue weighted by atomic mass is 9.97. The quantitative estimate of drug-likeness (QED) is 0.622. The van der Waals surface area contributed by atoms with Gasteiger partial charge >= 0.3 is 5.97 Å². The molecule has 29 heavy (non-hydrogen) atoms. The number of nitrogens with zero attached hydrogens (tertiary/aromatic N) is 2. The van der Waals surface area contributed by atoms with Gasteiger partial charge in [-0.15, -0.1) is 0 Å². The van der Waals surface area contributed by atoms with Crippen molar-refractivity contribution in [2.24, 2.45) is 5.92 Å². The van der Waals surface area contributed by atoms with Gasteiger partial charge in [-0.2, -0.15) is 0 Å². The van der Waals surface area contributed by atoms with Gasteiger partial charge in [-0.3, -0.25) is 9.59 Å². The van der Waals surface area contributed by atoms with Crippen LogP contribution in [0.25, 0.3) is 10.9 Å². The number of carbonyl (C=O) groups excluding carboxylic acids is 2. The van der Waals surface area contributed by atoms with Crippen molar-refractivity contribution in [3.63, 3.8) is 0 Å². The van der Waals surface area contributed by atoms with Gasteiger partial charge in [0.1, 0.15) is 11.4 Å². The van der Waals surface area contributed by atoms with Crippen LogP contribution < -0.4 is 4.74 Å². The van der Waals surface area contributed by atoms with Gasteiger partial charge in [-0.1, -0.05) is 19.4 Å². The summed E-state index contributed by atoms with van der Waals surface area (Å²) in [6.45, 7) is 8.89. The summed E-state index contributed by atoms with van der Waals surface area (Å²) in [7, 11) is 0. The highest BCUT2D eigenvalue weighted by atomic mass is 16.5. The van der Waals surface area contributed by atoms with Crippen molar-refractivity contribution in [1.82, 2.24) is 9.47 Å². The van der Waals surface area contributed by atoms with Crippen LogP contribution in [0.1, 0.15) is 56.9 Å². The van der Waals surface area contributed by atoms with E-state index >= 15 is 0 Å². The molecule has 0 aliphatic carbocycles. The number of hydrogen-bond acceptors (Lipinski definition) is 4. The Bertz CT molecular complexity index is 850. The van der Waals surface area contributed by atoms with E-state index in [0.717, 1.165) is 36.0 Å². The summed E-state index contributed by atoms with van der Waals surface area (Å²) in [6.07, 6.45) is 3.38. The molecule has 158 valence electrons. The molecule has 6 nitrogen and oxygen atoms in total. The SMILES string of the molecule is CCCCn1c(C(=O)N2CCC(C(=O)OCC)CC2)cc2c(OCC)cccc21. The highest BCUT2D eigenvalue weighted by molar-refractivity contribution is 6.00. The molecule has 6 heteroatoms. The predicted molar refractivity (Wildman–Crippen MR) is 113 cm³/mol. The summed E-state index contributed by atoms with van der Waals surface area (Å²) >= 11 is 0. The van der Waals surface area contributed by atoms with Crippen LogP contribution in [0.2, 0.25) is 0 Å². The first-order chi connectivity index (χ1) is 14.1. The van der Waals surface area contributed by atoms with E-state index in [1.54, 1.807) is 0 Å². The predicted octanol–water partition coefficient (Wildman–Crippen LogP) is 4.26. The van der Waals surface area contributed by atoms with Crippen LogP contribution in [0.15, 0.2) is 24.3 Å². The van der Waals surface area contributed by atoms with Crippen LogP contribution in [0.5, 0.6) is 5.75 Å². The molecule has 1 amide bonds. The zero-order valence-corrected chi connectivity index (χ0v) is 17.8. The second-order valence-corrected chi connectivity index (χ2v) is 7.48. The van der Waals surface area contributed by atoms with Crippen molar-refractivity contribution >= 4 is 22.8 Å². The zero-order chi connectivity index (χ0) is 20.8. The van der Waals surface area contributed by atoms with Gasteiger partial charge < -0.3 is 18.9 Å². The van der Waals surface area contributed by atoms with E-state index in [2.05, 4.69) is 17.6 Å². The maximum atomic E-state index is 13.4. The number of esters is 1. The molecule has 1 aromatic heterocycles. The van der Waals surface area contributed by atoms with Crippen LogP contribution in [-0.4, -0.2) is 47.6 Å². The number of carbonyl (C=O) groups is 2. The molecule has 1 aliphatic rings. The second kappa shape index (κ2) is 9.81. The standard InChI is InChI=1S/C23H32N2O4/c1-4-7-13-25-19-9-8-10-21(28-5-2)18(19)16-20(25)22(26)24-14-11-17(12-15-24)23(27)29-6-3/h8-10,16-17H,4-7,11-15H2,1-3H3. The maximum absolute atomic E-state index is 13.4. The highest BCUT2D eigenvalue weighted by Crippen LogP contribution is 2.31. The maximum Gasteiger partial charge on any atom is 0.309 e. The third kappa shape index (κ3) is 4.57. The van der Waals surface area contributed by atoms with E-state index in [1.165, 1.54) is 0 Å². The van der Waals surface area contributed by atoms with Crippen molar-refractivity contribution in [1.29, 1.82) is 0 Å². The molecular formula is C23H32N2O4. The number of aryl methyl sites for hydroxylation is 1. The Balaban J connectivity index is 1.85. The lowest BCUT2D eigenvalue weighted by Crippen LogP contribution is -2.41. The first-order valence-electron chi connectivity index (χ1n) is 10.8. The Kier molecular flexibility index (Phi) is 7.18. The summed E-state index contributed by atoms with van der Waals surface area (Å²) in [5.41, 5.74) is 1.74. The largest absolute Gasteiger partial charge is 0.493 e. The monoisotopic (exact) mass is 400 g/mol. The Morgan fingerprint density at radius 1 is 1.10 bits per heavy atom. The summed E-state index contributed by atoms with van der Waals surface area (Å²) in [5, 5.41) is 0.982. The molecule has 0 unspecified atom stereocenters. The normalized spacial score (nSPS) is 14.9. The molecule has 1 fully saturated rings. The van der Waals surface area contributed by atoms with Gasteiger partial charge in [-0.25, -0.2) is 0 Å². The average molecular weight is 401 g/mol. The van der Waals surface area contributed by atoms with E-state index in [1.807, 2.05) is 36.9 Å². The topological polar surface area (TPSA) is 60.8 Å². The van der Waals surface area contributed by atoms with Crippen LogP contribution >= 0.6 is 0 Å². The fourth-order valence-electron chi connectivity index (χ4n) is 4.01. The van der Waals surface area contributed by atoms with Crippen LogP contribution in [0.3, 0.4) is 0 Å². The van der Waals surface area contributed by atoms with E-state index in [4.69, 9.17) is 9.47 Å². The lowest BCUT2D eigenvalue weighted by Gasteiger charge is -2.31. The van der Waals surface area contributed by atoms with E-state index in [9.17, 15) is 9.59 Å². The van der Waals surface area contributed by atoms with Crippen molar-refractivity contribution in [2.75, 3.05) is 26.3 Å². The number of amides is 1. The van der Waals surface area contributed by atoms with Crippen LogP contribution in [0, 0.1) is 5.92 Å². The number of unbranched alkanes of at least 4 members (excludes halogenated alkanes) is 1. The number of likely N-dealkylation sites (tertiary alicyclic amines) is 1. The third-order valence-corrected chi connectivity index (χ3v) is 5.56. The smallest absolute Gasteiger partial charge is 0.309 e. The molecule has 0 spiro atoms. The summed E-state index contributed by atoms with van der Waals surface area (Å²) in [5.74, 6) is 0.602. The molecule has 2 heterocycles. The minimum Gasteiger partial charge on any atom is -0.493 e. The Morgan fingerprint density at radius 2 is 1.86 bits per heavy atom. The molecule has 0 atom stereocenters. The Hall–Kier alpha value is -2.50. The molecule has 0 radical (unpaired) electrons. The van der Waals surface area contributed by atoms with Crippen molar-refractivity contribution in [2.45, 2.75) is 53.0 Å². The van der Waals surface area contributed by atoms with Crippen molar-refractivity contribution in [3.05, 3.63) is 30.0 Å². The number of ether oxygens (including phenoxy) is 2. The number of fused-ring (bicyclic) bond motifs is 1. The van der Waals surface area contributed by atoms with Gasteiger partial charge in [0.15, 0.2) is 0 Å². The Labute approximate surface area is 172 Å². The second-order valence-electron chi connectivity index (χ2n) is 7.48. The first kappa shape index (κ1) is 21.2. The highest BCUT2D eigenvalue weighted by Gasteiger charge is 2.30. The average Bonchev–Trinajstić information content (AvgIpc) is 3.11. The molecule has 2 aromatic rings. The van der Waals surface area contributed by atoms with E-state index in [-0.39, 0.29) is 17.8 Å². The fraction of sp³-hybridized carbons (Fsp3) is 0.565. The number of piperidine rings is 1. The number of rotatable bonds is 8. The number of aromatic nitrogens is 1. The molecule has 3 rings (SSSR count). The molecule has 1 aliphatic heterocycles. The van der Waals surface area contributed by atoms with E-state index in [0.29, 0.717) is 44.8 Å². The van der Waals surface area contributed by atoms with Crippen LogP contribution in [0.4, 0.5) is 0 Å². The lowest BCUT2D eigenvalue weighted by molar-refractivity contribution is -0.149. The van der Waals surface area contributed by atoms with E-state index < -0.39 is 0 Å². The molecular weight excluding hydrogens is 368 g/mol. The fourth-order valence-corrected chi connectivity index (χ4v) is 4.01.